The molecule has 8 nitrogen and oxygen atoms in total. The van der Waals surface area contributed by atoms with E-state index in [0.717, 1.165) is 18.5 Å². The zero-order valence-electron chi connectivity index (χ0n) is 17.4. The summed E-state index contributed by atoms with van der Waals surface area (Å²) in [6.45, 7) is 0.505. The van der Waals surface area contributed by atoms with Gasteiger partial charge in [0.2, 0.25) is 5.91 Å². The van der Waals surface area contributed by atoms with Gasteiger partial charge in [0.1, 0.15) is 11.2 Å². The third kappa shape index (κ3) is 4.66. The Balaban J connectivity index is 1.30. The third-order valence-electron chi connectivity index (χ3n) is 5.15. The molecule has 0 saturated heterocycles. The number of halogens is 1. The molecule has 4 aromatic rings. The van der Waals surface area contributed by atoms with Crippen LogP contribution in [0.4, 0.5) is 15.8 Å². The van der Waals surface area contributed by atoms with Gasteiger partial charge in [-0.05, 0) is 43.2 Å². The Hall–Kier alpha value is -4.01. The molecule has 9 heteroatoms. The fourth-order valence-corrected chi connectivity index (χ4v) is 3.47. The minimum atomic E-state index is -0.448. The number of carbonyl (C=O) groups is 1. The molecule has 0 bridgehead atoms. The average molecular weight is 434 g/mol. The van der Waals surface area contributed by atoms with Gasteiger partial charge in [-0.25, -0.2) is 14.1 Å². The van der Waals surface area contributed by atoms with Crippen LogP contribution in [0.2, 0.25) is 0 Å². The van der Waals surface area contributed by atoms with Gasteiger partial charge in [-0.3, -0.25) is 14.2 Å². The highest BCUT2D eigenvalue weighted by Gasteiger charge is 2.11. The molecule has 2 heterocycles. The van der Waals surface area contributed by atoms with Crippen LogP contribution in [0.15, 0.2) is 65.8 Å². The van der Waals surface area contributed by atoms with Crippen molar-refractivity contribution in [2.45, 2.75) is 32.2 Å². The number of rotatable bonds is 8. The quantitative estimate of drug-likeness (QED) is 0.326. The molecule has 0 aliphatic rings. The van der Waals surface area contributed by atoms with E-state index in [1.807, 2.05) is 30.3 Å². The highest BCUT2D eigenvalue weighted by molar-refractivity contribution is 5.93. The molecule has 0 spiro atoms. The Kier molecular flexibility index (Phi) is 6.25. The van der Waals surface area contributed by atoms with Gasteiger partial charge < -0.3 is 11.1 Å². The van der Waals surface area contributed by atoms with Crippen LogP contribution < -0.4 is 16.6 Å². The number of nitrogens with zero attached hydrogens (tertiary/aromatic N) is 4. The van der Waals surface area contributed by atoms with Crippen molar-refractivity contribution in [2.75, 3.05) is 11.1 Å². The van der Waals surface area contributed by atoms with Crippen LogP contribution in [0.1, 0.15) is 25.7 Å². The summed E-state index contributed by atoms with van der Waals surface area (Å²) in [4.78, 5) is 29.3. The van der Waals surface area contributed by atoms with Gasteiger partial charge in [-0.1, -0.05) is 24.6 Å². The van der Waals surface area contributed by atoms with E-state index in [0.29, 0.717) is 36.1 Å². The Morgan fingerprint density at radius 3 is 2.69 bits per heavy atom. The highest BCUT2D eigenvalue weighted by Crippen LogP contribution is 2.19. The molecule has 0 atom stereocenters. The number of aromatic nitrogens is 4. The van der Waals surface area contributed by atoms with Crippen molar-refractivity contribution in [3.8, 4) is 5.69 Å². The number of para-hydroxylation sites is 1. The summed E-state index contributed by atoms with van der Waals surface area (Å²) in [7, 11) is 0. The number of nitrogens with one attached hydrogen (secondary N) is 1. The van der Waals surface area contributed by atoms with Crippen LogP contribution in [0.5, 0.6) is 0 Å². The van der Waals surface area contributed by atoms with Crippen LogP contribution in [-0.4, -0.2) is 25.2 Å². The molecule has 0 saturated carbocycles. The van der Waals surface area contributed by atoms with Gasteiger partial charge >= 0.3 is 0 Å². The van der Waals surface area contributed by atoms with E-state index in [9.17, 15) is 14.0 Å². The topological polar surface area (TPSA) is 108 Å². The molecule has 2 aromatic heterocycles. The summed E-state index contributed by atoms with van der Waals surface area (Å²) in [5.74, 6) is -0.632. The van der Waals surface area contributed by atoms with Crippen LogP contribution in [0.25, 0.3) is 16.7 Å². The molecule has 2 aromatic carbocycles. The molecule has 0 aliphatic heterocycles. The van der Waals surface area contributed by atoms with Gasteiger partial charge in [-0.15, -0.1) is 0 Å². The SMILES string of the molecule is Nc1cc(F)ccc1NC(=O)CCCCCn1cnc2c(cnn2-c2ccccc2)c1=O. The van der Waals surface area contributed by atoms with Crippen LogP contribution in [0, 0.1) is 5.82 Å². The van der Waals surface area contributed by atoms with Crippen LogP contribution in [-0.2, 0) is 11.3 Å². The summed E-state index contributed by atoms with van der Waals surface area (Å²) in [5, 5.41) is 7.46. The molecular weight excluding hydrogens is 411 g/mol. The maximum atomic E-state index is 13.1. The van der Waals surface area contributed by atoms with Crippen molar-refractivity contribution in [3.05, 3.63) is 77.2 Å². The summed E-state index contributed by atoms with van der Waals surface area (Å²) in [5.41, 5.74) is 7.52. The number of carbonyl (C=O) groups excluding carboxylic acids is 1. The first-order chi connectivity index (χ1) is 15.5. The number of hydrogen-bond acceptors (Lipinski definition) is 5. The molecule has 0 unspecified atom stereocenters. The number of hydrogen-bond donors (Lipinski definition) is 2. The number of unbranched alkanes of at least 4 members (excludes halogenated alkanes) is 2. The fourth-order valence-electron chi connectivity index (χ4n) is 3.47. The molecule has 0 aliphatic carbocycles. The molecule has 0 fully saturated rings. The molecular formula is C23H23FN6O2. The van der Waals surface area contributed by atoms with Crippen molar-refractivity contribution in [1.29, 1.82) is 0 Å². The molecule has 4 rings (SSSR count). The first-order valence-electron chi connectivity index (χ1n) is 10.4. The van der Waals surface area contributed by atoms with Gasteiger partial charge in [-0.2, -0.15) is 5.10 Å². The number of fused-ring (bicyclic) bond motifs is 1. The maximum Gasteiger partial charge on any atom is 0.264 e. The largest absolute Gasteiger partial charge is 0.397 e. The first kappa shape index (κ1) is 21.2. The van der Waals surface area contributed by atoms with E-state index in [2.05, 4.69) is 15.4 Å². The number of aryl methyl sites for hydroxylation is 1. The van der Waals surface area contributed by atoms with Crippen molar-refractivity contribution in [2.24, 2.45) is 0 Å². The van der Waals surface area contributed by atoms with Gasteiger partial charge in [0.25, 0.3) is 5.56 Å². The minimum absolute atomic E-state index is 0.137. The molecule has 3 N–H and O–H groups in total. The second kappa shape index (κ2) is 9.42. The van der Waals surface area contributed by atoms with Crippen LogP contribution in [0.3, 0.4) is 0 Å². The fraction of sp³-hybridized carbons (Fsp3) is 0.217. The summed E-state index contributed by atoms with van der Waals surface area (Å²) in [6.07, 6.45) is 5.54. The summed E-state index contributed by atoms with van der Waals surface area (Å²) >= 11 is 0. The lowest BCUT2D eigenvalue weighted by atomic mass is 10.1. The maximum absolute atomic E-state index is 13.1. The predicted octanol–water partition coefficient (Wildman–Crippen LogP) is 3.50. The first-order valence-corrected chi connectivity index (χ1v) is 10.4. The van der Waals surface area contributed by atoms with Gasteiger partial charge in [0.15, 0.2) is 5.65 Å². The van der Waals surface area contributed by atoms with Crippen molar-refractivity contribution < 1.29 is 9.18 Å². The zero-order chi connectivity index (χ0) is 22.5. The minimum Gasteiger partial charge on any atom is -0.397 e. The van der Waals surface area contributed by atoms with Gasteiger partial charge in [0, 0.05) is 13.0 Å². The van der Waals surface area contributed by atoms with Crippen molar-refractivity contribution >= 4 is 28.3 Å². The van der Waals surface area contributed by atoms with E-state index in [1.165, 1.54) is 24.5 Å². The molecule has 0 radical (unpaired) electrons. The van der Waals surface area contributed by atoms with E-state index >= 15 is 0 Å². The van der Waals surface area contributed by atoms with Crippen molar-refractivity contribution in [3.63, 3.8) is 0 Å². The Morgan fingerprint density at radius 1 is 1.09 bits per heavy atom. The van der Waals surface area contributed by atoms with Crippen LogP contribution >= 0.6 is 0 Å². The molecule has 1 amide bonds. The number of benzene rings is 2. The normalized spacial score (nSPS) is 11.0. The number of nitrogen functional groups attached to an aromatic ring is 1. The smallest absolute Gasteiger partial charge is 0.264 e. The lowest BCUT2D eigenvalue weighted by Gasteiger charge is -2.08. The van der Waals surface area contributed by atoms with Crippen molar-refractivity contribution in [1.82, 2.24) is 19.3 Å². The van der Waals surface area contributed by atoms with Gasteiger partial charge in [0.05, 0.1) is 29.6 Å². The van der Waals surface area contributed by atoms with E-state index in [-0.39, 0.29) is 17.2 Å². The second-order valence-electron chi connectivity index (χ2n) is 7.46. The lowest BCUT2D eigenvalue weighted by Crippen LogP contribution is -2.20. The average Bonchev–Trinajstić information content (AvgIpc) is 3.22. The second-order valence-corrected chi connectivity index (χ2v) is 7.46. The summed E-state index contributed by atoms with van der Waals surface area (Å²) < 4.78 is 16.3. The van der Waals surface area contributed by atoms with E-state index < -0.39 is 5.82 Å². The number of amides is 1. The Labute approximate surface area is 183 Å². The number of nitrogens with two attached hydrogens (primary N) is 1. The Bertz CT molecular complexity index is 1300. The highest BCUT2D eigenvalue weighted by atomic mass is 19.1. The van der Waals surface area contributed by atoms with E-state index in [1.54, 1.807) is 15.4 Å². The monoisotopic (exact) mass is 434 g/mol. The molecule has 164 valence electrons. The third-order valence-corrected chi connectivity index (χ3v) is 5.15. The lowest BCUT2D eigenvalue weighted by molar-refractivity contribution is -0.116. The summed E-state index contributed by atoms with van der Waals surface area (Å²) in [6, 6.07) is 13.4. The molecule has 32 heavy (non-hydrogen) atoms. The zero-order valence-corrected chi connectivity index (χ0v) is 17.4. The standard InChI is InChI=1S/C23H23FN6O2/c24-16-10-11-20(19(25)13-16)28-21(31)9-5-2-6-12-29-15-26-22-18(23(29)32)14-27-30(22)17-7-3-1-4-8-17/h1,3-4,7-8,10-11,13-15H,2,5-6,9,12,25H2,(H,28,31). The predicted molar refractivity (Wildman–Crippen MR) is 121 cm³/mol. The van der Waals surface area contributed by atoms with E-state index in [4.69, 9.17) is 5.73 Å². The Morgan fingerprint density at radius 2 is 1.91 bits per heavy atom. The number of anilines is 2.